The van der Waals surface area contributed by atoms with Crippen LogP contribution in [0.1, 0.15) is 30.7 Å². The molecule has 2 rings (SSSR count). The Hall–Kier alpha value is -1.51. The van der Waals surface area contributed by atoms with Crippen LogP contribution >= 0.6 is 0 Å². The SMILES string of the molecule is COc1cccc(C(CC(N)=O)C2CC2)c1. The molecule has 0 spiro atoms. The van der Waals surface area contributed by atoms with Crippen LogP contribution in [0.4, 0.5) is 0 Å². The van der Waals surface area contributed by atoms with Crippen LogP contribution in [-0.2, 0) is 4.79 Å². The average molecular weight is 219 g/mol. The molecule has 2 N–H and O–H groups in total. The van der Waals surface area contributed by atoms with Crippen molar-refractivity contribution in [3.63, 3.8) is 0 Å². The summed E-state index contributed by atoms with van der Waals surface area (Å²) in [7, 11) is 1.65. The molecule has 86 valence electrons. The number of hydrogen-bond donors (Lipinski definition) is 1. The topological polar surface area (TPSA) is 52.3 Å². The second kappa shape index (κ2) is 4.56. The molecule has 0 bridgehead atoms. The minimum absolute atomic E-state index is 0.222. The molecule has 1 aliphatic carbocycles. The van der Waals surface area contributed by atoms with Crippen LogP contribution in [0.15, 0.2) is 24.3 Å². The quantitative estimate of drug-likeness (QED) is 0.824. The zero-order valence-corrected chi connectivity index (χ0v) is 9.48. The van der Waals surface area contributed by atoms with Gasteiger partial charge in [0.1, 0.15) is 5.75 Å². The van der Waals surface area contributed by atoms with Gasteiger partial charge in [-0.1, -0.05) is 12.1 Å². The molecule has 3 heteroatoms. The van der Waals surface area contributed by atoms with Crippen molar-refractivity contribution in [1.29, 1.82) is 0 Å². The number of carbonyl (C=O) groups is 1. The van der Waals surface area contributed by atoms with Crippen molar-refractivity contribution >= 4 is 5.91 Å². The van der Waals surface area contributed by atoms with E-state index in [-0.39, 0.29) is 11.8 Å². The minimum atomic E-state index is -0.222. The molecule has 0 saturated heterocycles. The summed E-state index contributed by atoms with van der Waals surface area (Å²) in [6, 6.07) is 7.93. The molecule has 0 heterocycles. The van der Waals surface area contributed by atoms with Gasteiger partial charge in [0.2, 0.25) is 5.91 Å². The molecule has 3 nitrogen and oxygen atoms in total. The summed E-state index contributed by atoms with van der Waals surface area (Å²) in [5.41, 5.74) is 6.46. The Morgan fingerprint density at radius 3 is 2.88 bits per heavy atom. The third-order valence-corrected chi connectivity index (χ3v) is 3.13. The Balaban J connectivity index is 2.20. The van der Waals surface area contributed by atoms with Gasteiger partial charge in [-0.15, -0.1) is 0 Å². The van der Waals surface area contributed by atoms with Crippen LogP contribution in [0.2, 0.25) is 0 Å². The lowest BCUT2D eigenvalue weighted by molar-refractivity contribution is -0.118. The fraction of sp³-hybridized carbons (Fsp3) is 0.462. The maximum Gasteiger partial charge on any atom is 0.218 e. The maximum absolute atomic E-state index is 11.1. The van der Waals surface area contributed by atoms with Crippen molar-refractivity contribution in [2.24, 2.45) is 11.7 Å². The van der Waals surface area contributed by atoms with Gasteiger partial charge in [-0.05, 0) is 42.4 Å². The molecule has 1 atom stereocenters. The van der Waals surface area contributed by atoms with Crippen LogP contribution in [0.5, 0.6) is 5.75 Å². The summed E-state index contributed by atoms with van der Waals surface area (Å²) in [5, 5.41) is 0. The number of rotatable bonds is 5. The standard InChI is InChI=1S/C13H17NO2/c1-16-11-4-2-3-10(7-11)12(8-13(14)15)9-5-6-9/h2-4,7,9,12H,5-6,8H2,1H3,(H2,14,15). The smallest absolute Gasteiger partial charge is 0.218 e. The summed E-state index contributed by atoms with van der Waals surface area (Å²) in [4.78, 5) is 11.1. The molecule has 1 saturated carbocycles. The Kier molecular flexibility index (Phi) is 3.13. The largest absolute Gasteiger partial charge is 0.497 e. The van der Waals surface area contributed by atoms with E-state index in [1.54, 1.807) is 7.11 Å². The lowest BCUT2D eigenvalue weighted by Gasteiger charge is -2.15. The van der Waals surface area contributed by atoms with Crippen LogP contribution in [-0.4, -0.2) is 13.0 Å². The molecular weight excluding hydrogens is 202 g/mol. The second-order valence-corrected chi connectivity index (χ2v) is 4.39. The number of methoxy groups -OCH3 is 1. The van der Waals surface area contributed by atoms with Gasteiger partial charge in [0, 0.05) is 6.42 Å². The monoisotopic (exact) mass is 219 g/mol. The second-order valence-electron chi connectivity index (χ2n) is 4.39. The molecular formula is C13H17NO2. The van der Waals surface area contributed by atoms with E-state index in [0.29, 0.717) is 12.3 Å². The van der Waals surface area contributed by atoms with E-state index in [4.69, 9.17) is 10.5 Å². The zero-order valence-electron chi connectivity index (χ0n) is 9.48. The van der Waals surface area contributed by atoms with E-state index in [0.717, 1.165) is 5.75 Å². The van der Waals surface area contributed by atoms with Gasteiger partial charge >= 0.3 is 0 Å². The molecule has 0 radical (unpaired) electrons. The summed E-state index contributed by atoms with van der Waals surface area (Å²) < 4.78 is 5.19. The molecule has 1 amide bonds. The Bertz CT molecular complexity index is 385. The van der Waals surface area contributed by atoms with Crippen LogP contribution in [0.25, 0.3) is 0 Å². The highest BCUT2D eigenvalue weighted by atomic mass is 16.5. The van der Waals surface area contributed by atoms with Crippen molar-refractivity contribution in [1.82, 2.24) is 0 Å². The van der Waals surface area contributed by atoms with Gasteiger partial charge in [-0.2, -0.15) is 0 Å². The predicted molar refractivity (Wildman–Crippen MR) is 62.3 cm³/mol. The Morgan fingerprint density at radius 2 is 2.31 bits per heavy atom. The number of primary amides is 1. The van der Waals surface area contributed by atoms with Crippen molar-refractivity contribution in [2.75, 3.05) is 7.11 Å². The Morgan fingerprint density at radius 1 is 1.56 bits per heavy atom. The Labute approximate surface area is 95.6 Å². The molecule has 1 aromatic carbocycles. The third-order valence-electron chi connectivity index (χ3n) is 3.13. The van der Waals surface area contributed by atoms with Crippen LogP contribution in [0.3, 0.4) is 0 Å². The van der Waals surface area contributed by atoms with Crippen LogP contribution < -0.4 is 10.5 Å². The summed E-state index contributed by atoms with van der Waals surface area (Å²) in [6.07, 6.45) is 2.85. The molecule has 1 unspecified atom stereocenters. The number of nitrogens with two attached hydrogens (primary N) is 1. The van der Waals surface area contributed by atoms with E-state index >= 15 is 0 Å². The molecule has 0 aromatic heterocycles. The van der Waals surface area contributed by atoms with Gasteiger partial charge in [0.05, 0.1) is 7.11 Å². The first-order valence-electron chi connectivity index (χ1n) is 5.63. The van der Waals surface area contributed by atoms with Gasteiger partial charge in [0.15, 0.2) is 0 Å². The molecule has 1 fully saturated rings. The first-order chi connectivity index (χ1) is 7.70. The number of amides is 1. The summed E-state index contributed by atoms with van der Waals surface area (Å²) in [6.45, 7) is 0. The molecule has 1 aromatic rings. The minimum Gasteiger partial charge on any atom is -0.497 e. The number of carbonyl (C=O) groups excluding carboxylic acids is 1. The highest BCUT2D eigenvalue weighted by molar-refractivity contribution is 5.75. The molecule has 16 heavy (non-hydrogen) atoms. The third kappa shape index (κ3) is 2.54. The van der Waals surface area contributed by atoms with Gasteiger partial charge in [-0.3, -0.25) is 4.79 Å². The van der Waals surface area contributed by atoms with E-state index < -0.39 is 0 Å². The van der Waals surface area contributed by atoms with E-state index in [9.17, 15) is 4.79 Å². The van der Waals surface area contributed by atoms with Gasteiger partial charge < -0.3 is 10.5 Å². The van der Waals surface area contributed by atoms with E-state index in [2.05, 4.69) is 6.07 Å². The van der Waals surface area contributed by atoms with Gasteiger partial charge in [-0.25, -0.2) is 0 Å². The fourth-order valence-corrected chi connectivity index (χ4v) is 2.14. The number of ether oxygens (including phenoxy) is 1. The van der Waals surface area contributed by atoms with Gasteiger partial charge in [0.25, 0.3) is 0 Å². The lowest BCUT2D eigenvalue weighted by Crippen LogP contribution is -2.16. The maximum atomic E-state index is 11.1. The van der Waals surface area contributed by atoms with E-state index in [1.165, 1.54) is 18.4 Å². The number of benzene rings is 1. The van der Waals surface area contributed by atoms with Crippen molar-refractivity contribution in [2.45, 2.75) is 25.2 Å². The van der Waals surface area contributed by atoms with Crippen molar-refractivity contribution < 1.29 is 9.53 Å². The summed E-state index contributed by atoms with van der Waals surface area (Å²) >= 11 is 0. The normalized spacial score (nSPS) is 16.8. The average Bonchev–Trinajstić information content (AvgIpc) is 3.09. The first kappa shape index (κ1) is 11.0. The summed E-state index contributed by atoms with van der Waals surface area (Å²) in [5.74, 6) is 1.51. The lowest BCUT2D eigenvalue weighted by atomic mass is 9.90. The predicted octanol–water partition coefficient (Wildman–Crippen LogP) is 2.06. The first-order valence-corrected chi connectivity index (χ1v) is 5.63. The fourth-order valence-electron chi connectivity index (χ4n) is 2.14. The van der Waals surface area contributed by atoms with Crippen LogP contribution in [0, 0.1) is 5.92 Å². The van der Waals surface area contributed by atoms with Crippen molar-refractivity contribution in [3.8, 4) is 5.75 Å². The zero-order chi connectivity index (χ0) is 11.5. The van der Waals surface area contributed by atoms with Crippen molar-refractivity contribution in [3.05, 3.63) is 29.8 Å². The van der Waals surface area contributed by atoms with E-state index in [1.807, 2.05) is 18.2 Å². The highest BCUT2D eigenvalue weighted by Gasteiger charge is 2.33. The highest BCUT2D eigenvalue weighted by Crippen LogP contribution is 2.44. The molecule has 0 aliphatic heterocycles. The number of hydrogen-bond acceptors (Lipinski definition) is 2. The molecule has 1 aliphatic rings.